The van der Waals surface area contributed by atoms with Crippen molar-refractivity contribution in [3.05, 3.63) is 107 Å². The average Bonchev–Trinajstić information content (AvgIpc) is 2.90. The molecule has 4 aromatic carbocycles. The predicted molar refractivity (Wildman–Crippen MR) is 142 cm³/mol. The van der Waals surface area contributed by atoms with Gasteiger partial charge >= 0.3 is 5.97 Å². The number of methoxy groups -OCH3 is 1. The highest BCUT2D eigenvalue weighted by Crippen LogP contribution is 2.33. The van der Waals surface area contributed by atoms with Gasteiger partial charge in [-0.05, 0) is 48.2 Å². The Morgan fingerprint density at radius 1 is 0.944 bits per heavy atom. The third kappa shape index (κ3) is 6.61. The highest BCUT2D eigenvalue weighted by Gasteiger charge is 2.19. The van der Waals surface area contributed by atoms with Gasteiger partial charge in [0, 0.05) is 30.6 Å². The number of ether oxygens (including phenoxy) is 3. The summed E-state index contributed by atoms with van der Waals surface area (Å²) < 4.78 is 31.9. The Hall–Kier alpha value is -3.45. The van der Waals surface area contributed by atoms with Crippen molar-refractivity contribution in [3.63, 3.8) is 0 Å². The molecule has 0 fully saturated rings. The minimum atomic E-state index is -0.599. The molecule has 0 radical (unpaired) electrons. The Bertz CT molecular complexity index is 1300. The van der Waals surface area contributed by atoms with E-state index in [0.717, 1.165) is 16.7 Å². The van der Waals surface area contributed by atoms with Gasteiger partial charge in [0.2, 0.25) is 0 Å². The molecule has 0 amide bonds. The minimum Gasteiger partial charge on any atom is -0.491 e. The number of carbonyl (C=O) groups excluding carboxylic acids is 1. The van der Waals surface area contributed by atoms with E-state index in [0.29, 0.717) is 29.7 Å². The van der Waals surface area contributed by atoms with Gasteiger partial charge in [-0.2, -0.15) is 0 Å². The van der Waals surface area contributed by atoms with E-state index in [2.05, 4.69) is 5.32 Å². The molecule has 188 valence electrons. The standard InChI is InChI=1S/C29H28FNO4.ClH/c1-20(22-12-8-13-25(18-22)34-16-15-33-2)31-19-24-17-23-11-6-7-14-26(23)28(27(24)30)35-29(32)21-9-4-3-5-10-21;/h3-14,17-18,20,31H,15-16,19H2,1-2H3;1H. The average molecular weight is 510 g/mol. The number of halogens is 2. The molecule has 7 heteroatoms. The first kappa shape index (κ1) is 27.1. The lowest BCUT2D eigenvalue weighted by Crippen LogP contribution is -2.19. The number of hydrogen-bond donors (Lipinski definition) is 1. The third-order valence-corrected chi connectivity index (χ3v) is 5.73. The van der Waals surface area contributed by atoms with Crippen LogP contribution < -0.4 is 14.8 Å². The van der Waals surface area contributed by atoms with Crippen molar-refractivity contribution in [3.8, 4) is 11.5 Å². The van der Waals surface area contributed by atoms with Crippen molar-refractivity contribution in [2.24, 2.45) is 0 Å². The second-order valence-corrected chi connectivity index (χ2v) is 8.17. The Kier molecular flexibility index (Phi) is 9.82. The largest absolute Gasteiger partial charge is 0.491 e. The molecular formula is C29H29ClFNO4. The second kappa shape index (κ2) is 13.0. The lowest BCUT2D eigenvalue weighted by molar-refractivity contribution is 0.0730. The zero-order chi connectivity index (χ0) is 24.6. The Morgan fingerprint density at radius 3 is 2.47 bits per heavy atom. The van der Waals surface area contributed by atoms with Crippen LogP contribution in [0.2, 0.25) is 0 Å². The van der Waals surface area contributed by atoms with Crippen LogP contribution in [-0.2, 0) is 11.3 Å². The molecule has 36 heavy (non-hydrogen) atoms. The molecule has 4 rings (SSSR count). The van der Waals surface area contributed by atoms with Crippen LogP contribution >= 0.6 is 12.4 Å². The van der Waals surface area contributed by atoms with Crippen molar-refractivity contribution in [1.82, 2.24) is 5.32 Å². The molecule has 1 N–H and O–H groups in total. The Balaban J connectivity index is 0.00000361. The number of fused-ring (bicyclic) bond motifs is 1. The van der Waals surface area contributed by atoms with Crippen molar-refractivity contribution >= 4 is 29.1 Å². The molecule has 0 aliphatic rings. The van der Waals surface area contributed by atoms with E-state index in [1.807, 2.05) is 49.4 Å². The van der Waals surface area contributed by atoms with Crippen LogP contribution in [0.25, 0.3) is 10.8 Å². The highest BCUT2D eigenvalue weighted by molar-refractivity contribution is 5.96. The first-order chi connectivity index (χ1) is 17.1. The minimum absolute atomic E-state index is 0. The van der Waals surface area contributed by atoms with Gasteiger partial charge in [-0.15, -0.1) is 12.4 Å². The van der Waals surface area contributed by atoms with E-state index < -0.39 is 11.8 Å². The van der Waals surface area contributed by atoms with E-state index in [-0.39, 0.29) is 30.7 Å². The molecule has 0 spiro atoms. The number of benzene rings is 4. The van der Waals surface area contributed by atoms with Gasteiger partial charge in [0.05, 0.1) is 12.2 Å². The smallest absolute Gasteiger partial charge is 0.343 e. The molecule has 0 saturated heterocycles. The number of hydrogen-bond acceptors (Lipinski definition) is 5. The maximum absolute atomic E-state index is 15.6. The molecule has 5 nitrogen and oxygen atoms in total. The molecule has 0 bridgehead atoms. The number of esters is 1. The van der Waals surface area contributed by atoms with Crippen LogP contribution in [0, 0.1) is 5.82 Å². The molecule has 1 atom stereocenters. The first-order valence-electron chi connectivity index (χ1n) is 11.5. The lowest BCUT2D eigenvalue weighted by Gasteiger charge is -2.18. The van der Waals surface area contributed by atoms with Gasteiger partial charge < -0.3 is 19.5 Å². The van der Waals surface area contributed by atoms with Crippen LogP contribution in [0.4, 0.5) is 4.39 Å². The zero-order valence-corrected chi connectivity index (χ0v) is 21.0. The summed E-state index contributed by atoms with van der Waals surface area (Å²) in [5.41, 5.74) is 1.79. The quantitative estimate of drug-likeness (QED) is 0.150. The summed E-state index contributed by atoms with van der Waals surface area (Å²) in [5.74, 6) is -0.460. The fraction of sp³-hybridized carbons (Fsp3) is 0.207. The summed E-state index contributed by atoms with van der Waals surface area (Å²) in [7, 11) is 1.63. The molecule has 0 heterocycles. The van der Waals surface area contributed by atoms with E-state index in [1.165, 1.54) is 0 Å². The van der Waals surface area contributed by atoms with Crippen molar-refractivity contribution in [2.45, 2.75) is 19.5 Å². The van der Waals surface area contributed by atoms with E-state index in [1.54, 1.807) is 49.6 Å². The highest BCUT2D eigenvalue weighted by atomic mass is 35.5. The molecule has 0 aliphatic heterocycles. The van der Waals surface area contributed by atoms with Gasteiger partial charge in [0.15, 0.2) is 11.6 Å². The van der Waals surface area contributed by atoms with Crippen LogP contribution in [0.1, 0.15) is 34.5 Å². The maximum Gasteiger partial charge on any atom is 0.343 e. The molecule has 0 aromatic heterocycles. The van der Waals surface area contributed by atoms with E-state index in [9.17, 15) is 4.79 Å². The predicted octanol–water partition coefficient (Wildman–Crippen LogP) is 6.50. The molecule has 0 aliphatic carbocycles. The summed E-state index contributed by atoms with van der Waals surface area (Å²) in [6.45, 7) is 3.23. The lowest BCUT2D eigenvalue weighted by atomic mass is 10.0. The summed E-state index contributed by atoms with van der Waals surface area (Å²) >= 11 is 0. The first-order valence-corrected chi connectivity index (χ1v) is 11.5. The van der Waals surface area contributed by atoms with Crippen LogP contribution in [0.15, 0.2) is 84.9 Å². The monoisotopic (exact) mass is 509 g/mol. The van der Waals surface area contributed by atoms with Gasteiger partial charge in [-0.3, -0.25) is 0 Å². The molecule has 4 aromatic rings. The fourth-order valence-corrected chi connectivity index (χ4v) is 3.80. The van der Waals surface area contributed by atoms with E-state index >= 15 is 4.39 Å². The summed E-state index contributed by atoms with van der Waals surface area (Å²) in [4.78, 5) is 12.7. The molecule has 0 saturated carbocycles. The number of carbonyl (C=O) groups is 1. The summed E-state index contributed by atoms with van der Waals surface area (Å²) in [5, 5.41) is 4.71. The van der Waals surface area contributed by atoms with Gasteiger partial charge in [-0.1, -0.05) is 54.6 Å². The van der Waals surface area contributed by atoms with Gasteiger partial charge in [0.25, 0.3) is 0 Å². The molecular weight excluding hydrogens is 481 g/mol. The Morgan fingerprint density at radius 2 is 1.69 bits per heavy atom. The third-order valence-electron chi connectivity index (χ3n) is 5.73. The van der Waals surface area contributed by atoms with Crippen LogP contribution in [-0.4, -0.2) is 26.3 Å². The summed E-state index contributed by atoms with van der Waals surface area (Å²) in [6.07, 6.45) is 0. The van der Waals surface area contributed by atoms with Crippen molar-refractivity contribution < 1.29 is 23.4 Å². The van der Waals surface area contributed by atoms with Gasteiger partial charge in [0.1, 0.15) is 12.4 Å². The topological polar surface area (TPSA) is 56.8 Å². The van der Waals surface area contributed by atoms with Crippen molar-refractivity contribution in [2.75, 3.05) is 20.3 Å². The Labute approximate surface area is 216 Å². The fourth-order valence-electron chi connectivity index (χ4n) is 3.80. The zero-order valence-electron chi connectivity index (χ0n) is 20.2. The maximum atomic E-state index is 15.6. The van der Waals surface area contributed by atoms with Crippen LogP contribution in [0.3, 0.4) is 0 Å². The second-order valence-electron chi connectivity index (χ2n) is 8.17. The number of nitrogens with one attached hydrogen (secondary N) is 1. The van der Waals surface area contributed by atoms with Crippen LogP contribution in [0.5, 0.6) is 11.5 Å². The number of rotatable bonds is 10. The van der Waals surface area contributed by atoms with Gasteiger partial charge in [-0.25, -0.2) is 9.18 Å². The SMILES string of the molecule is COCCOc1cccc(C(C)NCc2cc3ccccc3c(OC(=O)c3ccccc3)c2F)c1.Cl. The van der Waals surface area contributed by atoms with E-state index in [4.69, 9.17) is 14.2 Å². The van der Waals surface area contributed by atoms with Crippen molar-refractivity contribution in [1.29, 1.82) is 0 Å². The molecule has 1 unspecified atom stereocenters. The normalized spacial score (nSPS) is 11.5. The summed E-state index contributed by atoms with van der Waals surface area (Å²) in [6, 6.07) is 25.3.